The first-order valence-electron chi connectivity index (χ1n) is 5.94. The number of halogens is 4. The Bertz CT molecular complexity index is 459. The van der Waals surface area contributed by atoms with Crippen LogP contribution in [0.3, 0.4) is 0 Å². The number of nitrogens with one attached hydrogen (secondary N) is 1. The Hall–Kier alpha value is -1.54. The van der Waals surface area contributed by atoms with Crippen molar-refractivity contribution in [2.75, 3.05) is 6.54 Å². The molecule has 0 radical (unpaired) electrons. The van der Waals surface area contributed by atoms with Crippen molar-refractivity contribution >= 4 is 0 Å². The van der Waals surface area contributed by atoms with E-state index in [0.717, 1.165) is 6.07 Å². The number of hydrogen-bond acceptors (Lipinski definition) is 1. The fourth-order valence-electron chi connectivity index (χ4n) is 1.88. The van der Waals surface area contributed by atoms with Gasteiger partial charge >= 0.3 is 6.18 Å². The van der Waals surface area contributed by atoms with Crippen molar-refractivity contribution in [1.82, 2.24) is 5.32 Å². The largest absolute Gasteiger partial charge is 0.419 e. The molecule has 0 heterocycles. The fourth-order valence-corrected chi connectivity index (χ4v) is 1.88. The van der Waals surface area contributed by atoms with E-state index in [2.05, 4.69) is 11.2 Å². The Morgan fingerprint density at radius 2 is 2.05 bits per heavy atom. The summed E-state index contributed by atoms with van der Waals surface area (Å²) in [6, 6.07) is 2.79. The maximum Gasteiger partial charge on any atom is 0.419 e. The highest BCUT2D eigenvalue weighted by atomic mass is 19.4. The highest BCUT2D eigenvalue weighted by Crippen LogP contribution is 2.34. The molecule has 0 amide bonds. The Morgan fingerprint density at radius 3 is 2.58 bits per heavy atom. The second-order valence-corrected chi connectivity index (χ2v) is 4.06. The highest BCUT2D eigenvalue weighted by molar-refractivity contribution is 5.30. The SMILES string of the molecule is C#CCCC(NCC)c1cccc(C(F)(F)F)c1F. The molecular formula is C14H15F4N. The van der Waals surface area contributed by atoms with Crippen LogP contribution in [0.5, 0.6) is 0 Å². The van der Waals surface area contributed by atoms with Gasteiger partial charge in [-0.05, 0) is 19.0 Å². The zero-order valence-corrected chi connectivity index (χ0v) is 10.5. The minimum Gasteiger partial charge on any atom is -0.310 e. The topological polar surface area (TPSA) is 12.0 Å². The van der Waals surface area contributed by atoms with E-state index in [1.54, 1.807) is 6.92 Å². The van der Waals surface area contributed by atoms with E-state index in [0.29, 0.717) is 19.4 Å². The van der Waals surface area contributed by atoms with Crippen LogP contribution in [0.2, 0.25) is 0 Å². The van der Waals surface area contributed by atoms with Gasteiger partial charge in [0.05, 0.1) is 5.56 Å². The average Bonchev–Trinajstić information content (AvgIpc) is 2.33. The number of hydrogen-bond donors (Lipinski definition) is 1. The first kappa shape index (κ1) is 15.5. The van der Waals surface area contributed by atoms with Crippen LogP contribution in [-0.2, 0) is 6.18 Å². The first-order chi connectivity index (χ1) is 8.91. The molecule has 1 atom stereocenters. The molecule has 0 saturated heterocycles. The summed E-state index contributed by atoms with van der Waals surface area (Å²) in [7, 11) is 0. The molecule has 5 heteroatoms. The van der Waals surface area contributed by atoms with Gasteiger partial charge in [0.2, 0.25) is 0 Å². The quantitative estimate of drug-likeness (QED) is 0.633. The summed E-state index contributed by atoms with van der Waals surface area (Å²) in [6.45, 7) is 2.32. The maximum atomic E-state index is 14.0. The van der Waals surface area contributed by atoms with Gasteiger partial charge in [0.15, 0.2) is 0 Å². The van der Waals surface area contributed by atoms with E-state index in [-0.39, 0.29) is 5.56 Å². The molecule has 1 aromatic carbocycles. The minimum atomic E-state index is -4.69. The third-order valence-electron chi connectivity index (χ3n) is 2.74. The van der Waals surface area contributed by atoms with Crippen LogP contribution in [0.15, 0.2) is 18.2 Å². The van der Waals surface area contributed by atoms with Gasteiger partial charge in [-0.15, -0.1) is 12.3 Å². The monoisotopic (exact) mass is 273 g/mol. The van der Waals surface area contributed by atoms with E-state index in [9.17, 15) is 17.6 Å². The van der Waals surface area contributed by atoms with E-state index in [4.69, 9.17) is 6.42 Å². The molecule has 0 fully saturated rings. The van der Waals surface area contributed by atoms with Gasteiger partial charge in [0.25, 0.3) is 0 Å². The van der Waals surface area contributed by atoms with E-state index in [1.807, 2.05) is 0 Å². The molecule has 0 aliphatic carbocycles. The number of rotatable bonds is 5. The number of benzene rings is 1. The highest BCUT2D eigenvalue weighted by Gasteiger charge is 2.35. The number of alkyl halides is 3. The zero-order chi connectivity index (χ0) is 14.5. The summed E-state index contributed by atoms with van der Waals surface area (Å²) < 4.78 is 51.9. The predicted molar refractivity (Wildman–Crippen MR) is 65.9 cm³/mol. The molecule has 0 aliphatic rings. The molecule has 1 N–H and O–H groups in total. The molecular weight excluding hydrogens is 258 g/mol. The van der Waals surface area contributed by atoms with Gasteiger partial charge in [-0.25, -0.2) is 4.39 Å². The third kappa shape index (κ3) is 3.97. The lowest BCUT2D eigenvalue weighted by Gasteiger charge is -2.20. The van der Waals surface area contributed by atoms with Gasteiger partial charge in [-0.1, -0.05) is 19.1 Å². The molecule has 1 rings (SSSR count). The summed E-state index contributed by atoms with van der Waals surface area (Å²) in [4.78, 5) is 0. The molecule has 0 spiro atoms. The Labute approximate surface area is 110 Å². The third-order valence-corrected chi connectivity index (χ3v) is 2.74. The molecule has 1 unspecified atom stereocenters. The minimum absolute atomic E-state index is 0.00641. The summed E-state index contributed by atoms with van der Waals surface area (Å²) in [5, 5.41) is 2.95. The van der Waals surface area contributed by atoms with Crippen LogP contribution in [-0.4, -0.2) is 6.54 Å². The van der Waals surface area contributed by atoms with Crippen molar-refractivity contribution in [3.63, 3.8) is 0 Å². The lowest BCUT2D eigenvalue weighted by molar-refractivity contribution is -0.140. The van der Waals surface area contributed by atoms with Crippen molar-refractivity contribution < 1.29 is 17.6 Å². The maximum absolute atomic E-state index is 14.0. The van der Waals surface area contributed by atoms with Gasteiger partial charge < -0.3 is 5.32 Å². The van der Waals surface area contributed by atoms with Crippen LogP contribution >= 0.6 is 0 Å². The average molecular weight is 273 g/mol. The predicted octanol–water partition coefficient (Wildman–Crippen LogP) is 3.91. The van der Waals surface area contributed by atoms with Crippen molar-refractivity contribution in [2.24, 2.45) is 0 Å². The Morgan fingerprint density at radius 1 is 1.37 bits per heavy atom. The van der Waals surface area contributed by atoms with Crippen LogP contribution in [0.25, 0.3) is 0 Å². The zero-order valence-electron chi connectivity index (χ0n) is 10.5. The summed E-state index contributed by atoms with van der Waals surface area (Å²) in [5.41, 5.74) is -1.24. The second kappa shape index (κ2) is 6.58. The Balaban J connectivity index is 3.13. The molecule has 1 aromatic rings. The van der Waals surface area contributed by atoms with E-state index >= 15 is 0 Å². The van der Waals surface area contributed by atoms with Gasteiger partial charge in [-0.3, -0.25) is 0 Å². The number of terminal acetylenes is 1. The van der Waals surface area contributed by atoms with Crippen LogP contribution in [0, 0.1) is 18.2 Å². The summed E-state index contributed by atoms with van der Waals surface area (Å²) >= 11 is 0. The van der Waals surface area contributed by atoms with Crippen LogP contribution in [0.4, 0.5) is 17.6 Å². The van der Waals surface area contributed by atoms with Crippen molar-refractivity contribution in [2.45, 2.75) is 32.0 Å². The molecule has 19 heavy (non-hydrogen) atoms. The Kier molecular flexibility index (Phi) is 5.37. The van der Waals surface area contributed by atoms with Crippen molar-refractivity contribution in [3.05, 3.63) is 35.1 Å². The van der Waals surface area contributed by atoms with Gasteiger partial charge in [-0.2, -0.15) is 13.2 Å². The van der Waals surface area contributed by atoms with Crippen LogP contribution < -0.4 is 5.32 Å². The fraction of sp³-hybridized carbons (Fsp3) is 0.429. The van der Waals surface area contributed by atoms with Crippen LogP contribution in [0.1, 0.15) is 36.9 Å². The molecule has 0 aliphatic heterocycles. The molecule has 0 saturated carbocycles. The molecule has 0 aromatic heterocycles. The normalized spacial score (nSPS) is 13.1. The van der Waals surface area contributed by atoms with Gasteiger partial charge in [0, 0.05) is 18.0 Å². The van der Waals surface area contributed by atoms with E-state index in [1.165, 1.54) is 12.1 Å². The molecule has 104 valence electrons. The lowest BCUT2D eigenvalue weighted by Crippen LogP contribution is -2.23. The smallest absolute Gasteiger partial charge is 0.310 e. The summed E-state index contributed by atoms with van der Waals surface area (Å²) in [6.07, 6.45) is 1.21. The van der Waals surface area contributed by atoms with Gasteiger partial charge in [0.1, 0.15) is 5.82 Å². The first-order valence-corrected chi connectivity index (χ1v) is 5.94. The lowest BCUT2D eigenvalue weighted by atomic mass is 9.98. The summed E-state index contributed by atoms with van der Waals surface area (Å²) in [5.74, 6) is 1.18. The molecule has 0 bridgehead atoms. The van der Waals surface area contributed by atoms with E-state index < -0.39 is 23.6 Å². The van der Waals surface area contributed by atoms with Crippen molar-refractivity contribution in [1.29, 1.82) is 0 Å². The van der Waals surface area contributed by atoms with Crippen molar-refractivity contribution in [3.8, 4) is 12.3 Å². The standard InChI is InChI=1S/C14H15F4N/c1-3-5-9-12(19-4-2)10-7-6-8-11(13(10)15)14(16,17)18/h1,6-8,12,19H,4-5,9H2,2H3. The second-order valence-electron chi connectivity index (χ2n) is 4.06. The molecule has 1 nitrogen and oxygen atoms in total.